The number of nitrogens with zero attached hydrogens (tertiary/aromatic N) is 2. The van der Waals surface area contributed by atoms with E-state index in [0.717, 1.165) is 70.9 Å². The Morgan fingerprint density at radius 2 is 0.424 bits per heavy atom. The molecule has 0 amide bonds. The van der Waals surface area contributed by atoms with Gasteiger partial charge in [-0.25, -0.2) is 0 Å². The molecule has 0 atom stereocenters. The van der Waals surface area contributed by atoms with Crippen LogP contribution < -0.4 is 9.80 Å². The number of rotatable bonds is 40. The normalized spacial score (nSPS) is 13.4. The van der Waals surface area contributed by atoms with Crippen LogP contribution in [-0.2, 0) is 16.2 Å². The lowest BCUT2D eigenvalue weighted by molar-refractivity contribution is 0.398. The first-order valence-electron chi connectivity index (χ1n) is 48.0. The quantitative estimate of drug-likeness (QED) is 0.0376. The van der Waals surface area contributed by atoms with Crippen LogP contribution >= 0.6 is 0 Å². The second kappa shape index (κ2) is 39.2. The molecule has 0 radical (unpaired) electrons. The molecule has 0 spiro atoms. The summed E-state index contributed by atoms with van der Waals surface area (Å²) in [5.74, 6) is 0.584. The van der Waals surface area contributed by atoms with E-state index in [4.69, 9.17) is 0 Å². The SMILES string of the molecule is CCCCCCCCC1(CCCCCCCC)c2cc(-c3ccc(O)cc3)ccc2-c2ccc(-c3ccc4c(c3)C(c3ccc(N(c5ccccc5)c5ccc(C)cc5)cc3)(c3ccc(N(c5ccccc5)c5ccc(C)cc5)cc3)c3cc(-c5ccc6c(c5)C(CCCCCCCC)(CCCCCCCC)c5cc(-c7ccc(O)cc7)ccc5-6)ccc3-4)cc21. The summed E-state index contributed by atoms with van der Waals surface area (Å²) in [6.45, 7) is 13.7. The highest BCUT2D eigenvalue weighted by atomic mass is 16.3. The molecule has 14 aromatic carbocycles. The van der Waals surface area contributed by atoms with Crippen molar-refractivity contribution in [2.24, 2.45) is 0 Å². The molecule has 0 aromatic heterocycles. The summed E-state index contributed by atoms with van der Waals surface area (Å²) < 4.78 is 0. The summed E-state index contributed by atoms with van der Waals surface area (Å²) in [4.78, 5) is 4.83. The van der Waals surface area contributed by atoms with Gasteiger partial charge >= 0.3 is 0 Å². The van der Waals surface area contributed by atoms with Crippen molar-refractivity contribution in [1.82, 2.24) is 0 Å². The van der Waals surface area contributed by atoms with Gasteiger partial charge in [-0.05, 0) is 295 Å². The lowest BCUT2D eigenvalue weighted by Crippen LogP contribution is -2.29. The number of phenolic OH excluding ortho intramolecular Hbond substituents is 2. The first kappa shape index (κ1) is 85.4. The molecule has 17 rings (SSSR count). The largest absolute Gasteiger partial charge is 0.508 e. The molecule has 0 heterocycles. The van der Waals surface area contributed by atoms with Crippen LogP contribution in [0.25, 0.3) is 77.9 Å². The van der Waals surface area contributed by atoms with E-state index in [2.05, 4.69) is 343 Å². The van der Waals surface area contributed by atoms with E-state index in [-0.39, 0.29) is 10.8 Å². The zero-order valence-electron chi connectivity index (χ0n) is 75.1. The number of aromatic hydroxyl groups is 2. The fourth-order valence-corrected chi connectivity index (χ4v) is 21.8. The average Bonchev–Trinajstić information content (AvgIpc) is 1.54. The number of unbranched alkanes of at least 4 members (excludes halogenated alkanes) is 20. The van der Waals surface area contributed by atoms with Gasteiger partial charge in [0.05, 0.1) is 5.41 Å². The summed E-state index contributed by atoms with van der Waals surface area (Å²) in [6.07, 6.45) is 34.3. The van der Waals surface area contributed by atoms with Gasteiger partial charge in [-0.2, -0.15) is 0 Å². The van der Waals surface area contributed by atoms with Crippen LogP contribution in [0.1, 0.15) is 263 Å². The number of fused-ring (bicyclic) bond motifs is 9. The number of aryl methyl sites for hydroxylation is 2. The van der Waals surface area contributed by atoms with Gasteiger partial charge in [-0.15, -0.1) is 0 Å². The van der Waals surface area contributed by atoms with E-state index in [9.17, 15) is 10.2 Å². The van der Waals surface area contributed by atoms with Crippen LogP contribution in [0.3, 0.4) is 0 Å². The monoisotopic (exact) mass is 1640 g/mol. The average molecular weight is 1640 g/mol. The van der Waals surface area contributed by atoms with Gasteiger partial charge in [-0.1, -0.05) is 375 Å². The maximum absolute atomic E-state index is 10.6. The Kier molecular flexibility index (Phi) is 26.8. The third-order valence-electron chi connectivity index (χ3n) is 28.5. The third kappa shape index (κ3) is 17.6. The summed E-state index contributed by atoms with van der Waals surface area (Å²) in [5, 5.41) is 21.2. The molecular formula is C121H128N2O2. The van der Waals surface area contributed by atoms with E-state index in [1.165, 1.54) is 276 Å². The Bertz CT molecular complexity index is 5540. The van der Waals surface area contributed by atoms with Crippen LogP contribution in [0.15, 0.2) is 315 Å². The van der Waals surface area contributed by atoms with E-state index in [1.54, 1.807) is 0 Å². The Morgan fingerprint density at radius 3 is 0.696 bits per heavy atom. The molecule has 0 saturated heterocycles. The molecule has 4 nitrogen and oxygen atoms in total. The number of benzene rings is 14. The Hall–Kier alpha value is -11.7. The van der Waals surface area contributed by atoms with Crippen molar-refractivity contribution in [2.45, 2.75) is 238 Å². The van der Waals surface area contributed by atoms with Crippen LogP contribution in [0.4, 0.5) is 34.1 Å². The third-order valence-corrected chi connectivity index (χ3v) is 28.5. The Balaban J connectivity index is 0.881. The minimum Gasteiger partial charge on any atom is -0.508 e. The Morgan fingerprint density at radius 1 is 0.208 bits per heavy atom. The van der Waals surface area contributed by atoms with E-state index < -0.39 is 5.41 Å². The molecule has 634 valence electrons. The van der Waals surface area contributed by atoms with Crippen LogP contribution in [0.5, 0.6) is 11.5 Å². The second-order valence-electron chi connectivity index (χ2n) is 36.7. The topological polar surface area (TPSA) is 46.9 Å². The number of hydrogen-bond donors (Lipinski definition) is 2. The molecule has 0 saturated carbocycles. The molecule has 0 unspecified atom stereocenters. The summed E-state index contributed by atoms with van der Waals surface area (Å²) >= 11 is 0. The van der Waals surface area contributed by atoms with Crippen molar-refractivity contribution in [3.05, 3.63) is 371 Å². The first-order chi connectivity index (χ1) is 61.4. The predicted octanol–water partition coefficient (Wildman–Crippen LogP) is 35.2. The molecule has 0 aliphatic heterocycles. The van der Waals surface area contributed by atoms with Crippen molar-refractivity contribution in [1.29, 1.82) is 0 Å². The highest BCUT2D eigenvalue weighted by Crippen LogP contribution is 2.62. The zero-order chi connectivity index (χ0) is 85.7. The highest BCUT2D eigenvalue weighted by Gasteiger charge is 2.49. The van der Waals surface area contributed by atoms with E-state index in [1.807, 2.05) is 24.3 Å². The molecule has 125 heavy (non-hydrogen) atoms. The molecule has 3 aliphatic rings. The maximum Gasteiger partial charge on any atom is 0.115 e. The maximum atomic E-state index is 10.6. The fraction of sp³-hybridized carbons (Fsp3) is 0.306. The lowest BCUT2D eigenvalue weighted by atomic mass is 9.67. The summed E-state index contributed by atoms with van der Waals surface area (Å²) in [6, 6.07) is 120. The van der Waals surface area contributed by atoms with Gasteiger partial charge in [-0.3, -0.25) is 0 Å². The van der Waals surface area contributed by atoms with Crippen molar-refractivity contribution < 1.29 is 10.2 Å². The van der Waals surface area contributed by atoms with Gasteiger partial charge in [0.1, 0.15) is 11.5 Å². The predicted molar refractivity (Wildman–Crippen MR) is 532 cm³/mol. The van der Waals surface area contributed by atoms with Crippen LogP contribution in [-0.4, -0.2) is 10.2 Å². The smallest absolute Gasteiger partial charge is 0.115 e. The molecule has 2 N–H and O–H groups in total. The first-order valence-corrected chi connectivity index (χ1v) is 48.0. The van der Waals surface area contributed by atoms with Crippen molar-refractivity contribution in [3.63, 3.8) is 0 Å². The van der Waals surface area contributed by atoms with Gasteiger partial charge in [0.25, 0.3) is 0 Å². The molecule has 0 bridgehead atoms. The standard InChI is InChI=1S/C121H128N2O2/c1-7-11-15-19-23-33-77-119(78-34-24-20-16-12-8-2)113-81-91(89-45-67-105(124)68-46-89)49-71-107(113)109-73-51-93(83-115(109)119)95-53-75-111-112-76-54-96(94-52-74-110-108-72-50-92(90-47-69-106(125)70-48-90)82-114(108)120(116(110)84-94,79-35-25-21-17-13-9-3)80-36-26-22-18-14-10-4)86-118(112)121(117(111)85-95,97-55-63-103(64-56-97)122(99-37-29-27-30-38-99)101-59-41-87(5)42-60-101)98-57-65-104(66-58-98)123(100-39-31-28-32-40-100)102-61-43-88(6)44-62-102/h27-32,37-76,81-86,124-125H,7-26,33-36,77-80H2,1-6H3. The number of hydrogen-bond acceptors (Lipinski definition) is 4. The number of phenols is 2. The second-order valence-corrected chi connectivity index (χ2v) is 36.7. The highest BCUT2D eigenvalue weighted by molar-refractivity contribution is 5.94. The van der Waals surface area contributed by atoms with Gasteiger partial charge in [0, 0.05) is 45.0 Å². The van der Waals surface area contributed by atoms with Gasteiger partial charge in [0.2, 0.25) is 0 Å². The van der Waals surface area contributed by atoms with Gasteiger partial charge in [0.15, 0.2) is 0 Å². The zero-order valence-corrected chi connectivity index (χ0v) is 75.1. The molecule has 4 heteroatoms. The number of para-hydroxylation sites is 2. The van der Waals surface area contributed by atoms with Crippen molar-refractivity contribution in [3.8, 4) is 89.4 Å². The van der Waals surface area contributed by atoms with Crippen molar-refractivity contribution >= 4 is 34.1 Å². The molecule has 0 fully saturated rings. The van der Waals surface area contributed by atoms with Crippen LogP contribution in [0.2, 0.25) is 0 Å². The minimum atomic E-state index is -0.857. The Labute approximate surface area is 747 Å². The fourth-order valence-electron chi connectivity index (χ4n) is 21.8. The van der Waals surface area contributed by atoms with E-state index >= 15 is 0 Å². The minimum absolute atomic E-state index is 0.197. The van der Waals surface area contributed by atoms with Gasteiger partial charge < -0.3 is 20.0 Å². The molecule has 3 aliphatic carbocycles. The van der Waals surface area contributed by atoms with Crippen LogP contribution in [0, 0.1) is 13.8 Å². The summed E-state index contributed by atoms with van der Waals surface area (Å²) in [5.41, 5.74) is 36.3. The van der Waals surface area contributed by atoms with E-state index in [0.29, 0.717) is 11.5 Å². The molecule has 14 aromatic rings. The summed E-state index contributed by atoms with van der Waals surface area (Å²) in [7, 11) is 0. The molecular weight excluding hydrogens is 1510 g/mol. The van der Waals surface area contributed by atoms with Crippen molar-refractivity contribution in [2.75, 3.05) is 9.80 Å². The lowest BCUT2D eigenvalue weighted by Gasteiger charge is -2.36. The number of anilines is 6.